The summed E-state index contributed by atoms with van der Waals surface area (Å²) < 4.78 is 29.2. The Morgan fingerprint density at radius 3 is 2.63 bits per heavy atom. The van der Waals surface area contributed by atoms with E-state index in [2.05, 4.69) is 4.74 Å². The molecule has 6 nitrogen and oxygen atoms in total. The van der Waals surface area contributed by atoms with Crippen LogP contribution in [0.2, 0.25) is 0 Å². The third kappa shape index (κ3) is 3.90. The van der Waals surface area contributed by atoms with E-state index in [4.69, 9.17) is 18.0 Å². The first-order valence-electron chi connectivity index (χ1n) is 5.21. The molecular formula is C11H14N2O4S2. The summed E-state index contributed by atoms with van der Waals surface area (Å²) >= 11 is 4.83. The number of benzene rings is 1. The maximum atomic E-state index is 11.9. The molecule has 1 aromatic rings. The van der Waals surface area contributed by atoms with Gasteiger partial charge >= 0.3 is 5.97 Å². The van der Waals surface area contributed by atoms with E-state index in [0.29, 0.717) is 11.3 Å². The highest BCUT2D eigenvalue weighted by atomic mass is 32.2. The molecule has 0 spiro atoms. The Bertz CT molecular complexity index is 598. The predicted octanol–water partition coefficient (Wildman–Crippen LogP) is 0.260. The van der Waals surface area contributed by atoms with Crippen LogP contribution in [0.15, 0.2) is 24.3 Å². The van der Waals surface area contributed by atoms with Crippen molar-refractivity contribution in [1.82, 2.24) is 0 Å². The molecule has 0 bridgehead atoms. The first kappa shape index (κ1) is 15.4. The third-order valence-corrected chi connectivity index (χ3v) is 4.32. The van der Waals surface area contributed by atoms with Gasteiger partial charge in [0.2, 0.25) is 10.0 Å². The van der Waals surface area contributed by atoms with Gasteiger partial charge in [-0.2, -0.15) is 0 Å². The van der Waals surface area contributed by atoms with Crippen LogP contribution in [0.5, 0.6) is 0 Å². The number of rotatable bonds is 5. The fraction of sp³-hybridized carbons (Fsp3) is 0.273. The number of hydrogen-bond donors (Lipinski definition) is 1. The minimum absolute atomic E-state index is 0.167. The molecule has 0 aliphatic heterocycles. The molecule has 0 aromatic heterocycles. The molecule has 0 heterocycles. The average Bonchev–Trinajstić information content (AvgIpc) is 2.37. The van der Waals surface area contributed by atoms with Crippen LogP contribution in [-0.2, 0) is 19.6 Å². The van der Waals surface area contributed by atoms with Gasteiger partial charge in [-0.15, -0.1) is 0 Å². The lowest BCUT2D eigenvalue weighted by molar-refractivity contribution is -0.137. The molecule has 1 rings (SSSR count). The van der Waals surface area contributed by atoms with Crippen molar-refractivity contribution in [1.29, 1.82) is 0 Å². The Hall–Kier alpha value is -1.67. The molecule has 8 heteroatoms. The molecule has 104 valence electrons. The van der Waals surface area contributed by atoms with Crippen molar-refractivity contribution in [3.63, 3.8) is 0 Å². The van der Waals surface area contributed by atoms with Gasteiger partial charge in [0.05, 0.1) is 12.8 Å². The Morgan fingerprint density at radius 1 is 1.47 bits per heavy atom. The number of sulfonamides is 1. The fourth-order valence-corrected chi connectivity index (χ4v) is 2.49. The maximum Gasteiger partial charge on any atom is 0.322 e. The van der Waals surface area contributed by atoms with E-state index < -0.39 is 21.7 Å². The summed E-state index contributed by atoms with van der Waals surface area (Å²) in [4.78, 5) is 11.2. The largest absolute Gasteiger partial charge is 0.468 e. The second-order valence-electron chi connectivity index (χ2n) is 3.71. The van der Waals surface area contributed by atoms with Crippen LogP contribution in [0.3, 0.4) is 0 Å². The Labute approximate surface area is 117 Å². The zero-order valence-corrected chi connectivity index (χ0v) is 12.1. The summed E-state index contributed by atoms with van der Waals surface area (Å²) in [6.45, 7) is 0. The summed E-state index contributed by atoms with van der Waals surface area (Å²) in [5.41, 5.74) is 6.40. The van der Waals surface area contributed by atoms with Crippen molar-refractivity contribution >= 4 is 38.9 Å². The third-order valence-electron chi connectivity index (χ3n) is 2.44. The molecule has 0 radical (unpaired) electrons. The van der Waals surface area contributed by atoms with E-state index in [1.165, 1.54) is 13.1 Å². The zero-order chi connectivity index (χ0) is 14.6. The van der Waals surface area contributed by atoms with Crippen LogP contribution in [-0.4, -0.2) is 39.3 Å². The van der Waals surface area contributed by atoms with Crippen molar-refractivity contribution in [2.45, 2.75) is 0 Å². The van der Waals surface area contributed by atoms with Gasteiger partial charge < -0.3 is 10.5 Å². The first-order valence-corrected chi connectivity index (χ1v) is 7.23. The van der Waals surface area contributed by atoms with Crippen LogP contribution in [0.25, 0.3) is 0 Å². The van der Waals surface area contributed by atoms with Crippen molar-refractivity contribution in [3.8, 4) is 0 Å². The van der Waals surface area contributed by atoms with E-state index in [9.17, 15) is 13.2 Å². The lowest BCUT2D eigenvalue weighted by atomic mass is 10.2. The minimum Gasteiger partial charge on any atom is -0.468 e. The molecule has 0 amide bonds. The van der Waals surface area contributed by atoms with Crippen molar-refractivity contribution < 1.29 is 17.9 Å². The highest BCUT2D eigenvalue weighted by molar-refractivity contribution is 7.93. The fourth-order valence-electron chi connectivity index (χ4n) is 1.32. The van der Waals surface area contributed by atoms with Crippen molar-refractivity contribution in [2.24, 2.45) is 5.73 Å². The number of nitrogens with zero attached hydrogens (tertiary/aromatic N) is 1. The monoisotopic (exact) mass is 302 g/mol. The molecule has 0 aliphatic rings. The van der Waals surface area contributed by atoms with Gasteiger partial charge in [0, 0.05) is 12.6 Å². The van der Waals surface area contributed by atoms with Gasteiger partial charge in [0.15, 0.2) is 5.75 Å². The predicted molar refractivity (Wildman–Crippen MR) is 76.5 cm³/mol. The van der Waals surface area contributed by atoms with Crippen molar-refractivity contribution in [3.05, 3.63) is 29.8 Å². The number of carbonyl (C=O) groups excluding carboxylic acids is 1. The average molecular weight is 302 g/mol. The molecule has 2 N–H and O–H groups in total. The highest BCUT2D eigenvalue weighted by Crippen LogP contribution is 2.18. The van der Waals surface area contributed by atoms with E-state index in [1.807, 2.05) is 0 Å². The topological polar surface area (TPSA) is 89.7 Å². The lowest BCUT2D eigenvalue weighted by Gasteiger charge is -2.19. The maximum absolute atomic E-state index is 11.9. The smallest absolute Gasteiger partial charge is 0.322 e. The molecular weight excluding hydrogens is 288 g/mol. The Kier molecular flexibility index (Phi) is 4.84. The van der Waals surface area contributed by atoms with Crippen LogP contribution >= 0.6 is 12.2 Å². The molecule has 0 saturated carbocycles. The van der Waals surface area contributed by atoms with Crippen LogP contribution < -0.4 is 10.0 Å². The van der Waals surface area contributed by atoms with Gasteiger partial charge in [0.25, 0.3) is 0 Å². The number of thiocarbonyl (C=S) groups is 1. The summed E-state index contributed by atoms with van der Waals surface area (Å²) in [5, 5.41) is 0. The highest BCUT2D eigenvalue weighted by Gasteiger charge is 2.23. The second-order valence-corrected chi connectivity index (χ2v) is 6.15. The van der Waals surface area contributed by atoms with Crippen molar-refractivity contribution in [2.75, 3.05) is 24.2 Å². The lowest BCUT2D eigenvalue weighted by Crippen LogP contribution is -2.32. The second kappa shape index (κ2) is 5.98. The number of nitrogens with two attached hydrogens (primary N) is 1. The number of anilines is 1. The van der Waals surface area contributed by atoms with Gasteiger partial charge in [-0.3, -0.25) is 9.10 Å². The number of esters is 1. The summed E-state index contributed by atoms with van der Waals surface area (Å²) in [7, 11) is -1.32. The first-order chi connectivity index (χ1) is 8.77. The number of ether oxygens (including phenoxy) is 1. The quantitative estimate of drug-likeness (QED) is 0.620. The van der Waals surface area contributed by atoms with E-state index in [0.717, 1.165) is 11.4 Å². The Balaban J connectivity index is 3.06. The standard InChI is InChI=1S/C11H14N2O4S2/c1-13(19(15,16)7-10(14)17-2)9-5-3-4-8(6-9)11(12)18/h3-6H,7H2,1-2H3,(H2,12,18). The number of hydrogen-bond acceptors (Lipinski definition) is 5. The molecule has 19 heavy (non-hydrogen) atoms. The van der Waals surface area contributed by atoms with Gasteiger partial charge in [0.1, 0.15) is 4.99 Å². The molecule has 0 aliphatic carbocycles. The van der Waals surface area contributed by atoms with Gasteiger partial charge in [-0.1, -0.05) is 24.4 Å². The number of carbonyl (C=O) groups is 1. The van der Waals surface area contributed by atoms with E-state index in [1.54, 1.807) is 18.2 Å². The molecule has 0 saturated heterocycles. The molecule has 1 aromatic carbocycles. The summed E-state index contributed by atoms with van der Waals surface area (Å²) in [6.07, 6.45) is 0. The molecule has 0 atom stereocenters. The van der Waals surface area contributed by atoms with Crippen LogP contribution in [0, 0.1) is 0 Å². The molecule has 0 unspecified atom stereocenters. The zero-order valence-electron chi connectivity index (χ0n) is 10.5. The van der Waals surface area contributed by atoms with E-state index in [-0.39, 0.29) is 4.99 Å². The Morgan fingerprint density at radius 2 is 2.11 bits per heavy atom. The molecule has 0 fully saturated rings. The SMILES string of the molecule is COC(=O)CS(=O)(=O)N(C)c1cccc(C(N)=S)c1. The van der Waals surface area contributed by atoms with Gasteiger partial charge in [-0.05, 0) is 12.1 Å². The normalized spacial score (nSPS) is 10.8. The van der Waals surface area contributed by atoms with E-state index >= 15 is 0 Å². The summed E-state index contributed by atoms with van der Waals surface area (Å²) in [6, 6.07) is 6.42. The minimum atomic E-state index is -3.79. The van der Waals surface area contributed by atoms with Crippen LogP contribution in [0.1, 0.15) is 5.56 Å². The summed E-state index contributed by atoms with van der Waals surface area (Å²) in [5.74, 6) is -1.55. The number of methoxy groups -OCH3 is 1. The van der Waals surface area contributed by atoms with Crippen LogP contribution in [0.4, 0.5) is 5.69 Å². The van der Waals surface area contributed by atoms with Gasteiger partial charge in [-0.25, -0.2) is 8.42 Å².